The average molecular weight is 581 g/mol. The summed E-state index contributed by atoms with van der Waals surface area (Å²) in [5, 5.41) is 0. The van der Waals surface area contributed by atoms with E-state index in [4.69, 9.17) is 0 Å². The molecule has 0 spiro atoms. The van der Waals surface area contributed by atoms with E-state index in [0.29, 0.717) is 3.63 Å². The van der Waals surface area contributed by atoms with Crippen LogP contribution in [0.15, 0.2) is 69.7 Å². The van der Waals surface area contributed by atoms with Crippen LogP contribution in [0, 0.1) is 0 Å². The van der Waals surface area contributed by atoms with Crippen LogP contribution in [0.3, 0.4) is 0 Å². The Hall–Kier alpha value is -0.313. The third-order valence-corrected chi connectivity index (χ3v) is 16.3. The minimum absolute atomic E-state index is 0. The number of hydrogen-bond acceptors (Lipinski definition) is 0. The molecule has 32 heavy (non-hydrogen) atoms. The summed E-state index contributed by atoms with van der Waals surface area (Å²) in [6, 6.07) is 19.7. The molecule has 0 aromatic heterocycles. The minimum Gasteiger partial charge on any atom is -1.00 e. The molecule has 3 rings (SSSR count). The summed E-state index contributed by atoms with van der Waals surface area (Å²) in [5.41, 5.74) is 8.68. The molecule has 0 heterocycles. The zero-order valence-electron chi connectivity index (χ0n) is 20.9. The van der Waals surface area contributed by atoms with Gasteiger partial charge in [-0.3, -0.25) is 0 Å². The van der Waals surface area contributed by atoms with Gasteiger partial charge >= 0.3 is 195 Å². The van der Waals surface area contributed by atoms with E-state index >= 15 is 0 Å². The molecule has 0 saturated heterocycles. The fourth-order valence-corrected chi connectivity index (χ4v) is 14.5. The maximum atomic E-state index is 2.67. The van der Waals surface area contributed by atoms with Crippen molar-refractivity contribution in [3.8, 4) is 11.1 Å². The van der Waals surface area contributed by atoms with Crippen LogP contribution < -0.4 is 24.8 Å². The quantitative estimate of drug-likeness (QED) is 0.363. The van der Waals surface area contributed by atoms with Crippen LogP contribution in [-0.2, 0) is 21.3 Å². The predicted octanol–water partition coefficient (Wildman–Crippen LogP) is 2.25. The van der Waals surface area contributed by atoms with Gasteiger partial charge in [0.25, 0.3) is 0 Å². The van der Waals surface area contributed by atoms with Crippen molar-refractivity contribution in [2.75, 3.05) is 0 Å². The first kappa shape index (κ1) is 29.7. The first-order valence-corrected chi connectivity index (χ1v) is 22.4. The molecular weight excluding hydrogens is 543 g/mol. The Bertz CT molecular complexity index is 975. The van der Waals surface area contributed by atoms with E-state index < -0.39 is 37.4 Å². The normalized spacial score (nSPS) is 13.5. The summed E-state index contributed by atoms with van der Waals surface area (Å²) in [6.07, 6.45) is 5.26. The van der Waals surface area contributed by atoms with Crippen LogP contribution in [0.25, 0.3) is 11.1 Å². The van der Waals surface area contributed by atoms with Crippen molar-refractivity contribution in [2.45, 2.75) is 62.8 Å². The second-order valence-electron chi connectivity index (χ2n) is 11.1. The van der Waals surface area contributed by atoms with Gasteiger partial charge in [0.15, 0.2) is 0 Å². The van der Waals surface area contributed by atoms with Gasteiger partial charge in [0, 0.05) is 0 Å². The molecule has 0 unspecified atom stereocenters. The largest absolute Gasteiger partial charge is 1.00 e. The van der Waals surface area contributed by atoms with E-state index in [1.165, 1.54) is 17.2 Å². The molecule has 0 amide bonds. The molecule has 0 radical (unpaired) electrons. The van der Waals surface area contributed by atoms with Gasteiger partial charge in [0.1, 0.15) is 0 Å². The van der Waals surface area contributed by atoms with E-state index in [9.17, 15) is 0 Å². The number of halogens is 2. The molecule has 0 atom stereocenters. The maximum absolute atomic E-state index is 2.67. The average Bonchev–Trinajstić information content (AvgIpc) is 2.97. The van der Waals surface area contributed by atoms with Crippen molar-refractivity contribution in [2.24, 2.45) is 0 Å². The van der Waals surface area contributed by atoms with Crippen molar-refractivity contribution >= 4 is 19.4 Å². The third-order valence-electron chi connectivity index (χ3n) is 5.67. The van der Waals surface area contributed by atoms with Gasteiger partial charge in [0.05, 0.1) is 0 Å². The number of allylic oxidation sites excluding steroid dienone is 3. The SMILES string of the molecule is C[C](C)=[Zr+2]([C](C=C[Si](C)(C)C)=CC[Si](C)(C)C)[CH]1c2ccccc2-c2ccccc21.[Cl-].[Cl-]. The fraction of sp³-hybridized carbons (Fsp3) is 0.370. The Balaban J connectivity index is 0.00000256. The Morgan fingerprint density at radius 2 is 1.28 bits per heavy atom. The molecule has 0 saturated carbocycles. The van der Waals surface area contributed by atoms with Crippen LogP contribution >= 0.6 is 0 Å². The van der Waals surface area contributed by atoms with Crippen molar-refractivity contribution in [1.29, 1.82) is 0 Å². The van der Waals surface area contributed by atoms with Gasteiger partial charge < -0.3 is 24.8 Å². The molecule has 0 bridgehead atoms. The van der Waals surface area contributed by atoms with Gasteiger partial charge in [-0.05, 0) is 0 Å². The van der Waals surface area contributed by atoms with Crippen LogP contribution in [0.2, 0.25) is 45.3 Å². The van der Waals surface area contributed by atoms with Gasteiger partial charge in [-0.25, -0.2) is 0 Å². The van der Waals surface area contributed by atoms with E-state index in [1.807, 2.05) is 0 Å². The standard InChI is InChI=1S/C13H9.C11H23Si2.C3H6.2ClH.Zr/c1-3-7-12-10(5-1)9-11-6-2-4-8-13(11)12;1-12(2,3)10-8-7-9-11-13(4,5)6;1-3-2;;;/h1-9H;8-10H,11H2,1-6H3;1-2H3;2*1H;/q;;;;;+2/p-2. The van der Waals surface area contributed by atoms with Gasteiger partial charge in [0.2, 0.25) is 0 Å². The van der Waals surface area contributed by atoms with Crippen molar-refractivity contribution < 1.29 is 46.1 Å². The Morgan fingerprint density at radius 3 is 1.69 bits per heavy atom. The Labute approximate surface area is 218 Å². The molecule has 2 aromatic carbocycles. The summed E-state index contributed by atoms with van der Waals surface area (Å²) >= 11 is -2.14. The van der Waals surface area contributed by atoms with E-state index in [2.05, 4.69) is 120 Å². The van der Waals surface area contributed by atoms with Crippen LogP contribution in [0.1, 0.15) is 28.6 Å². The molecule has 0 fully saturated rings. The number of fused-ring (bicyclic) bond motifs is 3. The van der Waals surface area contributed by atoms with Gasteiger partial charge in [-0.1, -0.05) is 0 Å². The van der Waals surface area contributed by atoms with Crippen molar-refractivity contribution in [3.63, 3.8) is 0 Å². The monoisotopic (exact) mass is 578 g/mol. The molecular formula is C27H38Cl2Si2Zr. The molecule has 1 aliphatic carbocycles. The molecule has 172 valence electrons. The zero-order chi connectivity index (χ0) is 22.1. The Kier molecular flexibility index (Phi) is 11.0. The Morgan fingerprint density at radius 1 is 0.812 bits per heavy atom. The summed E-state index contributed by atoms with van der Waals surface area (Å²) in [5.74, 6) is 0. The third kappa shape index (κ3) is 7.34. The van der Waals surface area contributed by atoms with Crippen LogP contribution in [-0.4, -0.2) is 19.4 Å². The number of rotatable bonds is 6. The molecule has 0 N–H and O–H groups in total. The zero-order valence-corrected chi connectivity index (χ0v) is 26.9. The van der Waals surface area contributed by atoms with Crippen molar-refractivity contribution in [1.82, 2.24) is 0 Å². The van der Waals surface area contributed by atoms with E-state index in [1.54, 1.807) is 17.6 Å². The second kappa shape index (κ2) is 11.9. The first-order valence-electron chi connectivity index (χ1n) is 11.2. The second-order valence-corrected chi connectivity index (χ2v) is 29.1. The van der Waals surface area contributed by atoms with Crippen LogP contribution in [0.4, 0.5) is 0 Å². The summed E-state index contributed by atoms with van der Waals surface area (Å²) in [7, 11) is -2.38. The maximum Gasteiger partial charge on any atom is -1.00 e. The summed E-state index contributed by atoms with van der Waals surface area (Å²) < 4.78 is 4.03. The molecule has 0 aliphatic heterocycles. The molecule has 0 nitrogen and oxygen atoms in total. The van der Waals surface area contributed by atoms with Gasteiger partial charge in [-0.15, -0.1) is 0 Å². The van der Waals surface area contributed by atoms with E-state index in [0.717, 1.165) is 0 Å². The van der Waals surface area contributed by atoms with Crippen LogP contribution in [0.5, 0.6) is 0 Å². The first-order chi connectivity index (χ1) is 14.0. The smallest absolute Gasteiger partial charge is 1.00 e. The molecule has 1 aliphatic rings. The number of benzene rings is 2. The fourth-order valence-electron chi connectivity index (χ4n) is 4.23. The van der Waals surface area contributed by atoms with Gasteiger partial charge in [-0.2, -0.15) is 0 Å². The summed E-state index contributed by atoms with van der Waals surface area (Å²) in [6.45, 7) is 19.7. The minimum atomic E-state index is -2.14. The molecule has 5 heteroatoms. The molecule has 2 aromatic rings. The summed E-state index contributed by atoms with van der Waals surface area (Å²) in [4.78, 5) is 0. The van der Waals surface area contributed by atoms with E-state index in [-0.39, 0.29) is 24.8 Å². The topological polar surface area (TPSA) is 0 Å². The number of hydrogen-bond donors (Lipinski definition) is 0. The van der Waals surface area contributed by atoms with Crippen molar-refractivity contribution in [3.05, 3.63) is 80.8 Å². The predicted molar refractivity (Wildman–Crippen MR) is 139 cm³/mol.